The van der Waals surface area contributed by atoms with Gasteiger partial charge >= 0.3 is 0 Å². The van der Waals surface area contributed by atoms with Gasteiger partial charge in [-0.15, -0.1) is 0 Å². The fraction of sp³-hybridized carbons (Fsp3) is 0.263. The van der Waals surface area contributed by atoms with Crippen molar-refractivity contribution in [2.75, 3.05) is 6.54 Å². The number of rotatable bonds is 6. The Labute approximate surface area is 158 Å². The summed E-state index contributed by atoms with van der Waals surface area (Å²) >= 11 is 0. The van der Waals surface area contributed by atoms with Crippen LogP contribution in [0, 0.1) is 11.6 Å². The molecule has 0 bridgehead atoms. The van der Waals surface area contributed by atoms with E-state index in [1.807, 2.05) is 0 Å². The van der Waals surface area contributed by atoms with Crippen LogP contribution in [0.25, 0.3) is 11.3 Å². The number of amides is 1. The second kappa shape index (κ2) is 7.34. The lowest BCUT2D eigenvalue weighted by Gasteiger charge is -2.07. The van der Waals surface area contributed by atoms with Gasteiger partial charge in [-0.3, -0.25) is 14.7 Å². The Bertz CT molecular complexity index is 1090. The quantitative estimate of drug-likeness (QED) is 0.681. The number of benzene rings is 1. The van der Waals surface area contributed by atoms with Gasteiger partial charge in [-0.25, -0.2) is 13.5 Å². The van der Waals surface area contributed by atoms with Gasteiger partial charge in [-0.05, 0) is 37.1 Å². The first-order valence-electron chi connectivity index (χ1n) is 8.88. The molecule has 0 aliphatic heterocycles. The predicted molar refractivity (Wildman–Crippen MR) is 96.7 cm³/mol. The minimum atomic E-state index is -0.764. The maximum absolute atomic E-state index is 13.8. The molecule has 0 unspecified atom stereocenters. The van der Waals surface area contributed by atoms with Crippen LogP contribution in [0.5, 0.6) is 0 Å². The third-order valence-electron chi connectivity index (χ3n) is 4.52. The van der Waals surface area contributed by atoms with E-state index in [9.17, 15) is 18.4 Å². The number of aromatic nitrogens is 4. The van der Waals surface area contributed by atoms with E-state index in [1.165, 1.54) is 22.9 Å². The van der Waals surface area contributed by atoms with Crippen molar-refractivity contribution in [2.45, 2.75) is 25.3 Å². The van der Waals surface area contributed by atoms with Gasteiger partial charge in [0.1, 0.15) is 17.3 Å². The van der Waals surface area contributed by atoms with Gasteiger partial charge in [-0.1, -0.05) is 0 Å². The van der Waals surface area contributed by atoms with E-state index >= 15 is 0 Å². The second-order valence-electron chi connectivity index (χ2n) is 6.64. The summed E-state index contributed by atoms with van der Waals surface area (Å²) in [5, 5.41) is 13.4. The number of hydrogen-bond acceptors (Lipinski definition) is 4. The van der Waals surface area contributed by atoms with Crippen LogP contribution in [0.3, 0.4) is 0 Å². The lowest BCUT2D eigenvalue weighted by atomic mass is 10.1. The lowest BCUT2D eigenvalue weighted by Crippen LogP contribution is -2.32. The maximum atomic E-state index is 13.8. The van der Waals surface area contributed by atoms with Crippen molar-refractivity contribution in [1.29, 1.82) is 0 Å². The highest BCUT2D eigenvalue weighted by Crippen LogP contribution is 2.38. The third-order valence-corrected chi connectivity index (χ3v) is 4.52. The smallest absolute Gasteiger partial charge is 0.269 e. The summed E-state index contributed by atoms with van der Waals surface area (Å²) in [4.78, 5) is 24.1. The first kappa shape index (κ1) is 18.0. The van der Waals surface area contributed by atoms with Gasteiger partial charge < -0.3 is 5.32 Å². The molecule has 7 nitrogen and oxygen atoms in total. The zero-order valence-corrected chi connectivity index (χ0v) is 14.8. The maximum Gasteiger partial charge on any atom is 0.269 e. The average molecular weight is 385 g/mol. The standard InChI is InChI=1S/C19H17F2N5O2/c20-12-3-4-13(14(21)9-12)16-10-17(24-23-16)19(28)22-7-8-26-18(27)6-5-15(25-26)11-1-2-11/h3-6,9-11H,1-2,7-8H2,(H,22,28)(H,23,24). The molecule has 28 heavy (non-hydrogen) atoms. The van der Waals surface area contributed by atoms with Gasteiger partial charge in [-0.2, -0.15) is 10.2 Å². The monoisotopic (exact) mass is 385 g/mol. The number of halogens is 2. The molecule has 0 spiro atoms. The molecule has 2 heterocycles. The summed E-state index contributed by atoms with van der Waals surface area (Å²) in [6, 6.07) is 7.74. The molecule has 1 aliphatic rings. The van der Waals surface area contributed by atoms with Gasteiger partial charge in [0.15, 0.2) is 0 Å². The van der Waals surface area contributed by atoms with E-state index in [0.717, 1.165) is 30.7 Å². The number of hydrogen-bond donors (Lipinski definition) is 2. The molecule has 1 fully saturated rings. The van der Waals surface area contributed by atoms with Crippen LogP contribution >= 0.6 is 0 Å². The highest BCUT2D eigenvalue weighted by atomic mass is 19.1. The summed E-state index contributed by atoms with van der Waals surface area (Å²) in [5.74, 6) is -1.48. The van der Waals surface area contributed by atoms with Crippen molar-refractivity contribution >= 4 is 5.91 Å². The highest BCUT2D eigenvalue weighted by molar-refractivity contribution is 5.93. The minimum Gasteiger partial charge on any atom is -0.349 e. The average Bonchev–Trinajstić information content (AvgIpc) is 3.40. The summed E-state index contributed by atoms with van der Waals surface area (Å²) in [7, 11) is 0. The van der Waals surface area contributed by atoms with Crippen molar-refractivity contribution < 1.29 is 13.6 Å². The molecule has 1 saturated carbocycles. The molecule has 0 atom stereocenters. The van der Waals surface area contributed by atoms with Crippen LogP contribution in [0.15, 0.2) is 41.2 Å². The van der Waals surface area contributed by atoms with Gasteiger partial charge in [0, 0.05) is 30.2 Å². The molecule has 0 radical (unpaired) electrons. The van der Waals surface area contributed by atoms with Crippen molar-refractivity contribution in [3.8, 4) is 11.3 Å². The summed E-state index contributed by atoms with van der Waals surface area (Å²) < 4.78 is 28.2. The molecule has 2 N–H and O–H groups in total. The SMILES string of the molecule is O=C(NCCn1nc(C2CC2)ccc1=O)c1cc(-c2ccc(F)cc2F)n[nH]1. The zero-order valence-electron chi connectivity index (χ0n) is 14.8. The summed E-state index contributed by atoms with van der Waals surface area (Å²) in [5.41, 5.74) is 1.08. The highest BCUT2D eigenvalue weighted by Gasteiger charge is 2.25. The number of carbonyl (C=O) groups excluding carboxylic acids is 1. The van der Waals surface area contributed by atoms with Gasteiger partial charge in [0.05, 0.1) is 17.9 Å². The van der Waals surface area contributed by atoms with E-state index in [1.54, 1.807) is 6.07 Å². The van der Waals surface area contributed by atoms with E-state index in [4.69, 9.17) is 0 Å². The largest absolute Gasteiger partial charge is 0.349 e. The Morgan fingerprint density at radius 3 is 2.79 bits per heavy atom. The van der Waals surface area contributed by atoms with Crippen LogP contribution in [0.2, 0.25) is 0 Å². The molecule has 0 saturated heterocycles. The van der Waals surface area contributed by atoms with Crippen molar-refractivity contribution in [3.05, 3.63) is 69.8 Å². The van der Waals surface area contributed by atoms with E-state index in [-0.39, 0.29) is 35.6 Å². The molecule has 1 aliphatic carbocycles. The molecule has 144 valence electrons. The minimum absolute atomic E-state index is 0.0874. The Morgan fingerprint density at radius 1 is 1.21 bits per heavy atom. The second-order valence-corrected chi connectivity index (χ2v) is 6.64. The molecular formula is C19H17F2N5O2. The Balaban J connectivity index is 1.39. The van der Waals surface area contributed by atoms with Crippen LogP contribution < -0.4 is 10.9 Å². The summed E-state index contributed by atoms with van der Waals surface area (Å²) in [6.07, 6.45) is 2.16. The van der Waals surface area contributed by atoms with Crippen molar-refractivity contribution in [3.63, 3.8) is 0 Å². The van der Waals surface area contributed by atoms with Gasteiger partial charge in [0.2, 0.25) is 0 Å². The lowest BCUT2D eigenvalue weighted by molar-refractivity contribution is 0.0946. The van der Waals surface area contributed by atoms with E-state index < -0.39 is 17.5 Å². The third kappa shape index (κ3) is 3.83. The Morgan fingerprint density at radius 2 is 2.04 bits per heavy atom. The van der Waals surface area contributed by atoms with Crippen LogP contribution in [0.1, 0.15) is 34.9 Å². The van der Waals surface area contributed by atoms with E-state index in [0.29, 0.717) is 5.92 Å². The van der Waals surface area contributed by atoms with Crippen molar-refractivity contribution in [1.82, 2.24) is 25.3 Å². The molecular weight excluding hydrogens is 368 g/mol. The number of H-pyrrole nitrogens is 1. The van der Waals surface area contributed by atoms with Crippen LogP contribution in [-0.4, -0.2) is 32.4 Å². The number of nitrogens with one attached hydrogen (secondary N) is 2. The van der Waals surface area contributed by atoms with Crippen molar-refractivity contribution in [2.24, 2.45) is 0 Å². The fourth-order valence-electron chi connectivity index (χ4n) is 2.87. The van der Waals surface area contributed by atoms with Crippen LogP contribution in [0.4, 0.5) is 8.78 Å². The Kier molecular flexibility index (Phi) is 4.72. The molecule has 2 aromatic heterocycles. The summed E-state index contributed by atoms with van der Waals surface area (Å²) in [6.45, 7) is 0.428. The first-order valence-corrected chi connectivity index (χ1v) is 8.88. The zero-order chi connectivity index (χ0) is 19.7. The number of carbonyl (C=O) groups is 1. The molecule has 4 rings (SSSR count). The predicted octanol–water partition coefficient (Wildman–Crippen LogP) is 2.22. The molecule has 1 aromatic carbocycles. The topological polar surface area (TPSA) is 92.7 Å². The first-order chi connectivity index (χ1) is 13.5. The fourth-order valence-corrected chi connectivity index (χ4v) is 2.87. The number of aromatic amines is 1. The Hall–Kier alpha value is -3.36. The van der Waals surface area contributed by atoms with Crippen LogP contribution in [-0.2, 0) is 6.54 Å². The normalized spacial score (nSPS) is 13.5. The molecule has 9 heteroatoms. The molecule has 1 amide bonds. The number of nitrogens with zero attached hydrogens (tertiary/aromatic N) is 3. The molecule has 3 aromatic rings. The van der Waals surface area contributed by atoms with E-state index in [2.05, 4.69) is 20.6 Å². The van der Waals surface area contributed by atoms with Gasteiger partial charge in [0.25, 0.3) is 11.5 Å².